The molecule has 29 heavy (non-hydrogen) atoms. The third-order valence-corrected chi connectivity index (χ3v) is 5.71. The quantitative estimate of drug-likeness (QED) is 0.622. The molecule has 0 aromatic heterocycles. The number of carbonyl (C=O) groups is 1. The summed E-state index contributed by atoms with van der Waals surface area (Å²) in [6.45, 7) is 0.646. The summed E-state index contributed by atoms with van der Waals surface area (Å²) in [4.78, 5) is 16.4. The van der Waals surface area contributed by atoms with Crippen LogP contribution in [0.3, 0.4) is 0 Å². The fourth-order valence-electron chi connectivity index (χ4n) is 3.75. The lowest BCUT2D eigenvalue weighted by Gasteiger charge is -2.38. The molecule has 0 saturated heterocycles. The van der Waals surface area contributed by atoms with E-state index in [0.29, 0.717) is 13.0 Å². The first-order chi connectivity index (χ1) is 14.2. The molecule has 148 valence electrons. The van der Waals surface area contributed by atoms with Gasteiger partial charge in [-0.2, -0.15) is 0 Å². The van der Waals surface area contributed by atoms with Crippen LogP contribution in [0.1, 0.15) is 11.1 Å². The third kappa shape index (κ3) is 4.09. The predicted molar refractivity (Wildman–Crippen MR) is 118 cm³/mol. The topological polar surface area (TPSA) is 67.6 Å². The number of nitrogens with two attached hydrogens (primary N) is 1. The van der Waals surface area contributed by atoms with E-state index in [0.717, 1.165) is 34.0 Å². The molecule has 0 spiro atoms. The Labute approximate surface area is 175 Å². The Kier molecular flexibility index (Phi) is 5.74. The molecule has 1 heterocycles. The second-order valence-electron chi connectivity index (χ2n) is 6.92. The number of nitrogens with one attached hydrogen (secondary N) is 1. The summed E-state index contributed by atoms with van der Waals surface area (Å²) in [5.74, 6) is 0.704. The number of anilines is 2. The van der Waals surface area contributed by atoms with Crippen molar-refractivity contribution in [3.05, 3.63) is 83.9 Å². The summed E-state index contributed by atoms with van der Waals surface area (Å²) >= 11 is 1.16. The average Bonchev–Trinajstić information content (AvgIpc) is 2.78. The maximum absolute atomic E-state index is 13.3. The zero-order chi connectivity index (χ0) is 20.2. The van der Waals surface area contributed by atoms with Crippen molar-refractivity contribution in [2.24, 2.45) is 5.14 Å². The highest BCUT2D eigenvalue weighted by Crippen LogP contribution is 2.35. The van der Waals surface area contributed by atoms with Crippen LogP contribution < -0.4 is 20.1 Å². The van der Waals surface area contributed by atoms with Gasteiger partial charge in [0.25, 0.3) is 0 Å². The van der Waals surface area contributed by atoms with E-state index in [1.54, 1.807) is 7.11 Å². The second-order valence-corrected chi connectivity index (χ2v) is 7.63. The fourth-order valence-corrected chi connectivity index (χ4v) is 4.10. The van der Waals surface area contributed by atoms with Gasteiger partial charge in [0.2, 0.25) is 5.91 Å². The zero-order valence-electron chi connectivity index (χ0n) is 16.2. The number of amides is 1. The van der Waals surface area contributed by atoms with E-state index in [-0.39, 0.29) is 11.9 Å². The fraction of sp³-hybridized carbons (Fsp3) is 0.174. The van der Waals surface area contributed by atoms with Gasteiger partial charge in [-0.1, -0.05) is 42.5 Å². The Morgan fingerprint density at radius 2 is 1.83 bits per heavy atom. The van der Waals surface area contributed by atoms with Crippen molar-refractivity contribution in [1.29, 1.82) is 0 Å². The van der Waals surface area contributed by atoms with Crippen LogP contribution in [-0.4, -0.2) is 19.1 Å². The third-order valence-electron chi connectivity index (χ3n) is 5.18. The molecule has 3 aromatic carbocycles. The van der Waals surface area contributed by atoms with E-state index in [4.69, 9.17) is 9.88 Å². The smallest absolute Gasteiger partial charge is 0.247 e. The zero-order valence-corrected chi connectivity index (χ0v) is 17.0. The normalized spacial score (nSPS) is 15.5. The molecule has 1 aliphatic heterocycles. The van der Waals surface area contributed by atoms with Gasteiger partial charge >= 0.3 is 0 Å². The van der Waals surface area contributed by atoms with Gasteiger partial charge in [-0.15, -0.1) is 0 Å². The molecule has 0 radical (unpaired) electrons. The molecular formula is C23H23N3O2S. The van der Waals surface area contributed by atoms with E-state index in [9.17, 15) is 4.79 Å². The highest BCUT2D eigenvalue weighted by atomic mass is 32.2. The average molecular weight is 406 g/mol. The van der Waals surface area contributed by atoms with Gasteiger partial charge in [-0.25, -0.2) is 0 Å². The van der Waals surface area contributed by atoms with Crippen molar-refractivity contribution in [3.63, 3.8) is 0 Å². The molecule has 1 atom stereocenters. The monoisotopic (exact) mass is 405 g/mol. The Balaban J connectivity index is 1.68. The number of carbonyl (C=O) groups excluding carboxylic acids is 1. The molecule has 1 aliphatic rings. The Bertz CT molecular complexity index is 1020. The number of benzene rings is 3. The number of methoxy groups -OCH3 is 1. The van der Waals surface area contributed by atoms with Crippen LogP contribution in [0.25, 0.3) is 0 Å². The highest BCUT2D eigenvalue weighted by Gasteiger charge is 2.33. The summed E-state index contributed by atoms with van der Waals surface area (Å²) in [6, 6.07) is 23.3. The molecule has 0 saturated carbocycles. The van der Waals surface area contributed by atoms with Crippen LogP contribution in [0.2, 0.25) is 0 Å². The number of fused-ring (bicyclic) bond motifs is 1. The Morgan fingerprint density at radius 3 is 2.62 bits per heavy atom. The van der Waals surface area contributed by atoms with Crippen molar-refractivity contribution in [2.75, 3.05) is 17.3 Å². The lowest BCUT2D eigenvalue weighted by Crippen LogP contribution is -2.48. The highest BCUT2D eigenvalue weighted by molar-refractivity contribution is 7.97. The van der Waals surface area contributed by atoms with Gasteiger partial charge in [0.1, 0.15) is 11.8 Å². The molecule has 1 unspecified atom stereocenters. The largest absolute Gasteiger partial charge is 0.495 e. The summed E-state index contributed by atoms with van der Waals surface area (Å²) in [7, 11) is 1.65. The lowest BCUT2D eigenvalue weighted by molar-refractivity contribution is -0.117. The van der Waals surface area contributed by atoms with Crippen molar-refractivity contribution < 1.29 is 9.53 Å². The first kappa shape index (κ1) is 19.4. The number of hydrogen-bond acceptors (Lipinski definition) is 5. The summed E-state index contributed by atoms with van der Waals surface area (Å²) in [5.41, 5.74) is 4.08. The van der Waals surface area contributed by atoms with E-state index in [2.05, 4.69) is 22.3 Å². The van der Waals surface area contributed by atoms with Crippen molar-refractivity contribution in [2.45, 2.75) is 23.9 Å². The summed E-state index contributed by atoms with van der Waals surface area (Å²) in [5, 5.41) is 8.72. The van der Waals surface area contributed by atoms with Crippen molar-refractivity contribution in [1.82, 2.24) is 0 Å². The van der Waals surface area contributed by atoms with Crippen LogP contribution >= 0.6 is 11.9 Å². The molecule has 5 nitrogen and oxygen atoms in total. The first-order valence-electron chi connectivity index (χ1n) is 9.43. The molecule has 0 bridgehead atoms. The lowest BCUT2D eigenvalue weighted by atomic mass is 9.92. The van der Waals surface area contributed by atoms with E-state index in [1.165, 1.54) is 11.1 Å². The van der Waals surface area contributed by atoms with Gasteiger partial charge in [0.05, 0.1) is 12.8 Å². The summed E-state index contributed by atoms with van der Waals surface area (Å²) < 4.78 is 5.57. The van der Waals surface area contributed by atoms with Crippen LogP contribution in [0.4, 0.5) is 11.4 Å². The van der Waals surface area contributed by atoms with Gasteiger partial charge in [0.15, 0.2) is 0 Å². The number of ether oxygens (including phenoxy) is 1. The van der Waals surface area contributed by atoms with Crippen LogP contribution in [0.15, 0.2) is 77.7 Å². The minimum Gasteiger partial charge on any atom is -0.495 e. The standard InChI is InChI=1S/C23H23N3O2S/c1-28-22-12-5-4-11-20(22)26-15-17-8-3-2-7-16(17)13-21(26)23(27)25-18-9-6-10-19(14-18)29-24/h2-12,14,21H,13,15,24H2,1H3,(H,25,27). The molecular weight excluding hydrogens is 382 g/mol. The summed E-state index contributed by atoms with van der Waals surface area (Å²) in [6.07, 6.45) is 0.630. The van der Waals surface area contributed by atoms with Crippen molar-refractivity contribution >= 4 is 29.2 Å². The van der Waals surface area contributed by atoms with E-state index < -0.39 is 0 Å². The van der Waals surface area contributed by atoms with E-state index >= 15 is 0 Å². The second kappa shape index (κ2) is 8.59. The van der Waals surface area contributed by atoms with Crippen LogP contribution in [0, 0.1) is 0 Å². The SMILES string of the molecule is COc1ccccc1N1Cc2ccccc2CC1C(=O)Nc1cccc(SN)c1. The maximum atomic E-state index is 13.3. The number of rotatable bonds is 5. The van der Waals surface area contributed by atoms with Crippen LogP contribution in [0.5, 0.6) is 5.75 Å². The number of hydrogen-bond donors (Lipinski definition) is 2. The first-order valence-corrected chi connectivity index (χ1v) is 10.3. The Morgan fingerprint density at radius 1 is 1.07 bits per heavy atom. The van der Waals surface area contributed by atoms with Gasteiger partial charge in [0, 0.05) is 23.5 Å². The van der Waals surface area contributed by atoms with E-state index in [1.807, 2.05) is 60.7 Å². The van der Waals surface area contributed by atoms with Crippen molar-refractivity contribution in [3.8, 4) is 5.75 Å². The number of para-hydroxylation sites is 2. The Hall–Kier alpha value is -2.96. The molecule has 3 aromatic rings. The van der Waals surface area contributed by atoms with Crippen LogP contribution in [-0.2, 0) is 17.8 Å². The van der Waals surface area contributed by atoms with Gasteiger partial charge in [-0.05, 0) is 53.4 Å². The molecule has 6 heteroatoms. The maximum Gasteiger partial charge on any atom is 0.247 e. The van der Waals surface area contributed by atoms with Gasteiger partial charge < -0.3 is 15.0 Å². The molecule has 3 N–H and O–H groups in total. The molecule has 4 rings (SSSR count). The number of nitrogens with zero attached hydrogens (tertiary/aromatic N) is 1. The van der Waals surface area contributed by atoms with Gasteiger partial charge in [-0.3, -0.25) is 9.93 Å². The minimum absolute atomic E-state index is 0.0513. The minimum atomic E-state index is -0.351. The molecule has 1 amide bonds. The predicted octanol–water partition coefficient (Wildman–Crippen LogP) is 4.23. The molecule has 0 fully saturated rings. The molecule has 0 aliphatic carbocycles.